The lowest BCUT2D eigenvalue weighted by Gasteiger charge is -2.33. The molecule has 0 N–H and O–H groups in total. The number of methoxy groups -OCH3 is 1. The highest BCUT2D eigenvalue weighted by Crippen LogP contribution is 2.20. The Balaban J connectivity index is 2.54. The second kappa shape index (κ2) is 6.72. The van der Waals surface area contributed by atoms with Crippen LogP contribution in [0, 0.1) is 5.92 Å². The molecule has 114 valence electrons. The molecule has 0 bridgehead atoms. The maximum atomic E-state index is 12.0. The molecule has 0 spiro atoms. The minimum Gasteiger partial charge on any atom is -0.469 e. The number of hydrogen-bond donors (Lipinski definition) is 0. The summed E-state index contributed by atoms with van der Waals surface area (Å²) < 4.78 is 9.85. The Hall–Kier alpha value is -1.59. The van der Waals surface area contributed by atoms with Gasteiger partial charge in [0.1, 0.15) is 11.4 Å². The summed E-state index contributed by atoms with van der Waals surface area (Å²) in [6, 6.07) is 0. The SMILES string of the molecule is COC(=O)CCC1CN(C(=O)OC(C)(C)C)CCC1=O. The summed E-state index contributed by atoms with van der Waals surface area (Å²) in [4.78, 5) is 36.4. The Morgan fingerprint density at radius 2 is 2.00 bits per heavy atom. The van der Waals surface area contributed by atoms with Gasteiger partial charge in [-0.25, -0.2) is 4.79 Å². The van der Waals surface area contributed by atoms with E-state index in [0.717, 1.165) is 0 Å². The van der Waals surface area contributed by atoms with Crippen molar-refractivity contribution in [2.45, 2.75) is 45.6 Å². The number of amides is 1. The van der Waals surface area contributed by atoms with Gasteiger partial charge in [-0.2, -0.15) is 0 Å². The van der Waals surface area contributed by atoms with Crippen LogP contribution in [-0.2, 0) is 19.1 Å². The van der Waals surface area contributed by atoms with E-state index in [9.17, 15) is 14.4 Å². The van der Waals surface area contributed by atoms with Crippen LogP contribution < -0.4 is 0 Å². The number of esters is 1. The van der Waals surface area contributed by atoms with Crippen molar-refractivity contribution in [2.24, 2.45) is 5.92 Å². The molecule has 0 radical (unpaired) electrons. The van der Waals surface area contributed by atoms with Crippen LogP contribution in [-0.4, -0.2) is 48.5 Å². The Bertz CT molecular complexity index is 386. The number of rotatable bonds is 3. The van der Waals surface area contributed by atoms with E-state index in [2.05, 4.69) is 4.74 Å². The van der Waals surface area contributed by atoms with E-state index in [4.69, 9.17) is 4.74 Å². The molecule has 1 aliphatic heterocycles. The molecule has 1 heterocycles. The fourth-order valence-electron chi connectivity index (χ4n) is 2.05. The first-order chi connectivity index (χ1) is 9.23. The largest absolute Gasteiger partial charge is 0.469 e. The minimum atomic E-state index is -0.556. The fourth-order valence-corrected chi connectivity index (χ4v) is 2.05. The molecule has 6 nitrogen and oxygen atoms in total. The quantitative estimate of drug-likeness (QED) is 0.739. The van der Waals surface area contributed by atoms with E-state index >= 15 is 0 Å². The number of carbonyl (C=O) groups excluding carboxylic acids is 3. The highest BCUT2D eigenvalue weighted by atomic mass is 16.6. The average Bonchev–Trinajstić information content (AvgIpc) is 2.35. The number of ether oxygens (including phenoxy) is 2. The van der Waals surface area contributed by atoms with Gasteiger partial charge in [-0.3, -0.25) is 9.59 Å². The van der Waals surface area contributed by atoms with Gasteiger partial charge in [-0.15, -0.1) is 0 Å². The number of carbonyl (C=O) groups is 3. The Kier molecular flexibility index (Phi) is 5.53. The zero-order chi connectivity index (χ0) is 15.3. The van der Waals surface area contributed by atoms with Gasteiger partial charge in [0.15, 0.2) is 0 Å². The number of nitrogens with zero attached hydrogens (tertiary/aromatic N) is 1. The third kappa shape index (κ3) is 5.19. The lowest BCUT2D eigenvalue weighted by molar-refractivity contribution is -0.141. The molecule has 1 atom stereocenters. The van der Waals surface area contributed by atoms with E-state index in [1.54, 1.807) is 20.8 Å². The maximum absolute atomic E-state index is 12.0. The molecule has 0 aromatic rings. The second-order valence-electron chi connectivity index (χ2n) is 5.95. The molecule has 0 aliphatic carbocycles. The molecule has 1 fully saturated rings. The number of hydrogen-bond acceptors (Lipinski definition) is 5. The van der Waals surface area contributed by atoms with Crippen LogP contribution >= 0.6 is 0 Å². The molecule has 1 aliphatic rings. The smallest absolute Gasteiger partial charge is 0.410 e. The van der Waals surface area contributed by atoms with Gasteiger partial charge < -0.3 is 14.4 Å². The van der Waals surface area contributed by atoms with Gasteiger partial charge in [0.25, 0.3) is 0 Å². The standard InChI is InChI=1S/C14H23NO5/c1-14(2,3)20-13(18)15-8-7-11(16)10(9-15)5-6-12(17)19-4/h10H,5-9H2,1-4H3. The van der Waals surface area contributed by atoms with Crippen LogP contribution in [0.25, 0.3) is 0 Å². The normalized spacial score (nSPS) is 19.7. The van der Waals surface area contributed by atoms with E-state index in [-0.39, 0.29) is 24.1 Å². The summed E-state index contributed by atoms with van der Waals surface area (Å²) in [7, 11) is 1.32. The number of piperidine rings is 1. The molecule has 1 saturated heterocycles. The summed E-state index contributed by atoms with van der Waals surface area (Å²) in [5.41, 5.74) is -0.556. The summed E-state index contributed by atoms with van der Waals surface area (Å²) in [6.45, 7) is 6.09. The fraction of sp³-hybridized carbons (Fsp3) is 0.786. The van der Waals surface area contributed by atoms with Crippen molar-refractivity contribution in [1.29, 1.82) is 0 Å². The van der Waals surface area contributed by atoms with Gasteiger partial charge in [0.05, 0.1) is 7.11 Å². The first-order valence-electron chi connectivity index (χ1n) is 6.80. The van der Waals surface area contributed by atoms with Crippen LogP contribution in [0.5, 0.6) is 0 Å². The molecule has 0 aromatic heterocycles. The van der Waals surface area contributed by atoms with Crippen LogP contribution in [0.4, 0.5) is 4.79 Å². The van der Waals surface area contributed by atoms with Crippen LogP contribution in [0.3, 0.4) is 0 Å². The van der Waals surface area contributed by atoms with Gasteiger partial charge in [-0.05, 0) is 27.2 Å². The summed E-state index contributed by atoms with van der Waals surface area (Å²) in [6.07, 6.45) is 0.498. The zero-order valence-corrected chi connectivity index (χ0v) is 12.6. The Labute approximate surface area is 119 Å². The molecule has 1 unspecified atom stereocenters. The number of Topliss-reactive ketones (excluding diaryl/α,β-unsaturated/α-hetero) is 1. The highest BCUT2D eigenvalue weighted by molar-refractivity contribution is 5.84. The molecular formula is C14H23NO5. The number of likely N-dealkylation sites (tertiary alicyclic amines) is 1. The van der Waals surface area contributed by atoms with Crippen molar-refractivity contribution < 1.29 is 23.9 Å². The third-order valence-electron chi connectivity index (χ3n) is 3.10. The molecular weight excluding hydrogens is 262 g/mol. The lowest BCUT2D eigenvalue weighted by atomic mass is 9.92. The summed E-state index contributed by atoms with van der Waals surface area (Å²) in [5.74, 6) is -0.559. The van der Waals surface area contributed by atoms with Crippen molar-refractivity contribution in [1.82, 2.24) is 4.90 Å². The van der Waals surface area contributed by atoms with Gasteiger partial charge >= 0.3 is 12.1 Å². The molecule has 0 saturated carbocycles. The van der Waals surface area contributed by atoms with Crippen molar-refractivity contribution >= 4 is 17.8 Å². The van der Waals surface area contributed by atoms with Crippen LogP contribution in [0.1, 0.15) is 40.0 Å². The highest BCUT2D eigenvalue weighted by Gasteiger charge is 2.32. The first kappa shape index (κ1) is 16.5. The van der Waals surface area contributed by atoms with Crippen molar-refractivity contribution in [3.05, 3.63) is 0 Å². The van der Waals surface area contributed by atoms with Crippen LogP contribution in [0.2, 0.25) is 0 Å². The van der Waals surface area contributed by atoms with Gasteiger partial charge in [0.2, 0.25) is 0 Å². The monoisotopic (exact) mass is 285 g/mol. The van der Waals surface area contributed by atoms with Crippen LogP contribution in [0.15, 0.2) is 0 Å². The lowest BCUT2D eigenvalue weighted by Crippen LogP contribution is -2.46. The van der Waals surface area contributed by atoms with E-state index < -0.39 is 11.7 Å². The molecule has 6 heteroatoms. The predicted octanol–water partition coefficient (Wildman–Crippen LogP) is 1.77. The second-order valence-corrected chi connectivity index (χ2v) is 5.95. The minimum absolute atomic E-state index is 0.0914. The zero-order valence-electron chi connectivity index (χ0n) is 12.6. The van der Waals surface area contributed by atoms with Gasteiger partial charge in [0, 0.05) is 31.8 Å². The molecule has 0 aromatic carbocycles. The first-order valence-corrected chi connectivity index (χ1v) is 6.80. The van der Waals surface area contributed by atoms with Gasteiger partial charge in [-0.1, -0.05) is 0 Å². The van der Waals surface area contributed by atoms with E-state index in [1.165, 1.54) is 12.0 Å². The predicted molar refractivity (Wildman–Crippen MR) is 72.2 cm³/mol. The van der Waals surface area contributed by atoms with Crippen molar-refractivity contribution in [3.8, 4) is 0 Å². The Morgan fingerprint density at radius 3 is 2.55 bits per heavy atom. The third-order valence-corrected chi connectivity index (χ3v) is 3.10. The average molecular weight is 285 g/mol. The summed E-state index contributed by atoms with van der Waals surface area (Å²) in [5, 5.41) is 0. The van der Waals surface area contributed by atoms with Crippen molar-refractivity contribution in [3.63, 3.8) is 0 Å². The summed E-state index contributed by atoms with van der Waals surface area (Å²) >= 11 is 0. The molecule has 20 heavy (non-hydrogen) atoms. The maximum Gasteiger partial charge on any atom is 0.410 e. The number of ketones is 1. The molecule has 1 amide bonds. The van der Waals surface area contributed by atoms with E-state index in [0.29, 0.717) is 25.9 Å². The van der Waals surface area contributed by atoms with E-state index in [1.807, 2.05) is 0 Å². The topological polar surface area (TPSA) is 72.9 Å². The van der Waals surface area contributed by atoms with Crippen molar-refractivity contribution in [2.75, 3.05) is 20.2 Å². The molecule has 1 rings (SSSR count). The Morgan fingerprint density at radius 1 is 1.35 bits per heavy atom.